The number of amides is 1. The highest BCUT2D eigenvalue weighted by atomic mass is 16.5. The fraction of sp³-hybridized carbons (Fsp3) is 0.273. The molecule has 1 amide bonds. The van der Waals surface area contributed by atoms with Crippen LogP contribution in [0.5, 0.6) is 17.2 Å². The maximum absolute atomic E-state index is 13.9. The van der Waals surface area contributed by atoms with Gasteiger partial charge in [-0.05, 0) is 61.6 Å². The lowest BCUT2D eigenvalue weighted by atomic mass is 9.71. The van der Waals surface area contributed by atoms with E-state index >= 15 is 0 Å². The molecule has 2 atom stereocenters. The summed E-state index contributed by atoms with van der Waals surface area (Å²) in [6.07, 6.45) is 0.969. The summed E-state index contributed by atoms with van der Waals surface area (Å²) in [5, 5.41) is 6.47. The molecular formula is C33H34N2O5. The Kier molecular flexibility index (Phi) is 7.65. The molecule has 0 spiro atoms. The van der Waals surface area contributed by atoms with Crippen LogP contribution in [0.15, 0.2) is 89.3 Å². The van der Waals surface area contributed by atoms with Gasteiger partial charge >= 0.3 is 0 Å². The number of hydrogen-bond donors (Lipinski definition) is 2. The Morgan fingerprint density at radius 2 is 1.50 bits per heavy atom. The number of methoxy groups -OCH3 is 3. The van der Waals surface area contributed by atoms with E-state index in [1.54, 1.807) is 33.5 Å². The van der Waals surface area contributed by atoms with E-state index in [1.165, 1.54) is 0 Å². The number of para-hydroxylation sites is 2. The summed E-state index contributed by atoms with van der Waals surface area (Å²) in [4.78, 5) is 27.8. The van der Waals surface area contributed by atoms with E-state index in [4.69, 9.17) is 14.2 Å². The second kappa shape index (κ2) is 11.3. The highest BCUT2D eigenvalue weighted by molar-refractivity contribution is 6.10. The van der Waals surface area contributed by atoms with Gasteiger partial charge in [0.15, 0.2) is 17.3 Å². The number of rotatable bonds is 7. The maximum atomic E-state index is 13.9. The third kappa shape index (κ3) is 5.07. The molecule has 2 aliphatic rings. The molecule has 206 valence electrons. The number of ketones is 1. The third-order valence-corrected chi connectivity index (χ3v) is 7.72. The molecule has 0 unspecified atom stereocenters. The Hall–Kier alpha value is -4.52. The molecule has 0 aromatic heterocycles. The number of ether oxygens (including phenoxy) is 3. The number of nitrogens with one attached hydrogen (secondary N) is 2. The van der Waals surface area contributed by atoms with E-state index in [-0.39, 0.29) is 17.6 Å². The molecule has 3 aromatic rings. The van der Waals surface area contributed by atoms with E-state index in [2.05, 4.69) is 10.6 Å². The molecule has 1 heterocycles. The Balaban J connectivity index is 1.54. The minimum absolute atomic E-state index is 0.0224. The van der Waals surface area contributed by atoms with Crippen LogP contribution in [0.1, 0.15) is 48.3 Å². The van der Waals surface area contributed by atoms with Gasteiger partial charge in [-0.2, -0.15) is 0 Å². The molecular weight excluding hydrogens is 504 g/mol. The molecule has 40 heavy (non-hydrogen) atoms. The summed E-state index contributed by atoms with van der Waals surface area (Å²) in [6.45, 7) is 3.92. The summed E-state index contributed by atoms with van der Waals surface area (Å²) in [5.41, 5.74) is 6.33. The lowest BCUT2D eigenvalue weighted by molar-refractivity contribution is -0.116. The van der Waals surface area contributed by atoms with Crippen molar-refractivity contribution in [2.75, 3.05) is 26.6 Å². The standard InChI is InChI=1S/C33H34N2O5/c1-19-10-12-21(13-11-19)31-30(33(37)35-24-8-6-7-9-27(24)38-3)20(2)34-25-16-23(17-26(36)32(25)31)22-14-15-28(39-4)29(18-22)40-5/h6-15,18,23,31,34H,16-17H2,1-5H3,(H,35,37)/t23-,31+/m0/s1. The third-order valence-electron chi connectivity index (χ3n) is 7.72. The minimum Gasteiger partial charge on any atom is -0.495 e. The number of aryl methyl sites for hydroxylation is 1. The number of dihydropyridines is 1. The highest BCUT2D eigenvalue weighted by Crippen LogP contribution is 2.46. The number of carbonyl (C=O) groups is 2. The molecule has 0 fully saturated rings. The van der Waals surface area contributed by atoms with Crippen LogP contribution in [-0.4, -0.2) is 33.0 Å². The smallest absolute Gasteiger partial charge is 0.254 e. The van der Waals surface area contributed by atoms with Crippen LogP contribution in [0.2, 0.25) is 0 Å². The van der Waals surface area contributed by atoms with Crippen LogP contribution in [0.25, 0.3) is 0 Å². The van der Waals surface area contributed by atoms with Crippen LogP contribution in [0.4, 0.5) is 5.69 Å². The highest BCUT2D eigenvalue weighted by Gasteiger charge is 2.41. The molecule has 0 saturated heterocycles. The van der Waals surface area contributed by atoms with Crippen molar-refractivity contribution in [2.24, 2.45) is 0 Å². The van der Waals surface area contributed by atoms with Crippen molar-refractivity contribution in [2.45, 2.75) is 38.5 Å². The van der Waals surface area contributed by atoms with E-state index in [0.29, 0.717) is 46.9 Å². The fourth-order valence-electron chi connectivity index (χ4n) is 5.71. The summed E-state index contributed by atoms with van der Waals surface area (Å²) < 4.78 is 16.4. The Bertz CT molecular complexity index is 1520. The van der Waals surface area contributed by atoms with E-state index < -0.39 is 5.92 Å². The second-order valence-corrected chi connectivity index (χ2v) is 10.2. The zero-order valence-corrected chi connectivity index (χ0v) is 23.5. The van der Waals surface area contributed by atoms with Crippen molar-refractivity contribution < 1.29 is 23.8 Å². The van der Waals surface area contributed by atoms with Crippen LogP contribution < -0.4 is 24.8 Å². The van der Waals surface area contributed by atoms with Gasteiger partial charge in [0.05, 0.1) is 27.0 Å². The zero-order chi connectivity index (χ0) is 28.4. The van der Waals surface area contributed by atoms with E-state index in [9.17, 15) is 9.59 Å². The quantitative estimate of drug-likeness (QED) is 0.383. The first kappa shape index (κ1) is 27.1. The summed E-state index contributed by atoms with van der Waals surface area (Å²) in [5.74, 6) is 1.06. The van der Waals surface area contributed by atoms with Gasteiger partial charge in [-0.15, -0.1) is 0 Å². The van der Waals surface area contributed by atoms with E-state index in [0.717, 1.165) is 28.1 Å². The average molecular weight is 539 g/mol. The van der Waals surface area contributed by atoms with E-state index in [1.807, 2.05) is 68.4 Å². The van der Waals surface area contributed by atoms with Crippen LogP contribution in [-0.2, 0) is 9.59 Å². The summed E-state index contributed by atoms with van der Waals surface area (Å²) in [6, 6.07) is 21.1. The first-order valence-corrected chi connectivity index (χ1v) is 13.3. The molecule has 7 nitrogen and oxygen atoms in total. The Labute approximate surface area is 234 Å². The average Bonchev–Trinajstić information content (AvgIpc) is 2.96. The van der Waals surface area contributed by atoms with Crippen molar-refractivity contribution in [3.05, 3.63) is 106 Å². The molecule has 0 bridgehead atoms. The zero-order valence-electron chi connectivity index (χ0n) is 23.5. The predicted octanol–water partition coefficient (Wildman–Crippen LogP) is 6.02. The molecule has 0 radical (unpaired) electrons. The molecule has 1 aliphatic heterocycles. The normalized spacial score (nSPS) is 18.6. The van der Waals surface area contributed by atoms with Crippen molar-refractivity contribution in [3.63, 3.8) is 0 Å². The monoisotopic (exact) mass is 538 g/mol. The SMILES string of the molecule is COc1ccccc1NC(=O)C1=C(C)NC2=C(C(=O)C[C@@H](c3ccc(OC)c(OC)c3)C2)[C@@H]1c1ccc(C)cc1. The molecule has 0 saturated carbocycles. The molecule has 5 rings (SSSR count). The van der Waals surface area contributed by atoms with Crippen molar-refractivity contribution in [3.8, 4) is 17.2 Å². The van der Waals surface area contributed by atoms with Gasteiger partial charge in [0.2, 0.25) is 0 Å². The van der Waals surface area contributed by atoms with Gasteiger partial charge in [0.1, 0.15) is 5.75 Å². The molecule has 3 aromatic carbocycles. The summed E-state index contributed by atoms with van der Waals surface area (Å²) >= 11 is 0. The molecule has 2 N–H and O–H groups in total. The van der Waals surface area contributed by atoms with Gasteiger partial charge in [0, 0.05) is 34.9 Å². The largest absolute Gasteiger partial charge is 0.495 e. The van der Waals surface area contributed by atoms with Crippen LogP contribution >= 0.6 is 0 Å². The van der Waals surface area contributed by atoms with Crippen LogP contribution in [0.3, 0.4) is 0 Å². The Morgan fingerprint density at radius 1 is 0.825 bits per heavy atom. The predicted molar refractivity (Wildman–Crippen MR) is 155 cm³/mol. The summed E-state index contributed by atoms with van der Waals surface area (Å²) in [7, 11) is 4.78. The number of benzene rings is 3. The number of anilines is 1. The van der Waals surface area contributed by atoms with Crippen molar-refractivity contribution in [1.82, 2.24) is 5.32 Å². The van der Waals surface area contributed by atoms with Gasteiger partial charge < -0.3 is 24.8 Å². The second-order valence-electron chi connectivity index (χ2n) is 10.2. The topological polar surface area (TPSA) is 85.9 Å². The number of allylic oxidation sites excluding steroid dienone is 3. The van der Waals surface area contributed by atoms with Gasteiger partial charge in [-0.1, -0.05) is 48.0 Å². The lowest BCUT2D eigenvalue weighted by Gasteiger charge is -2.37. The first-order valence-electron chi connectivity index (χ1n) is 13.3. The van der Waals surface area contributed by atoms with Crippen molar-refractivity contribution >= 4 is 17.4 Å². The van der Waals surface area contributed by atoms with Crippen molar-refractivity contribution in [1.29, 1.82) is 0 Å². The lowest BCUT2D eigenvalue weighted by Crippen LogP contribution is -2.37. The van der Waals surface area contributed by atoms with Gasteiger partial charge in [-0.25, -0.2) is 0 Å². The minimum atomic E-state index is -0.495. The number of carbonyl (C=O) groups excluding carboxylic acids is 2. The molecule has 7 heteroatoms. The fourth-order valence-corrected chi connectivity index (χ4v) is 5.71. The maximum Gasteiger partial charge on any atom is 0.254 e. The number of hydrogen-bond acceptors (Lipinski definition) is 6. The Morgan fingerprint density at radius 3 is 2.20 bits per heavy atom. The van der Waals surface area contributed by atoms with Gasteiger partial charge in [-0.3, -0.25) is 9.59 Å². The number of Topliss-reactive ketones (excluding diaryl/α,β-unsaturated/α-hetero) is 1. The molecule has 1 aliphatic carbocycles. The van der Waals surface area contributed by atoms with Gasteiger partial charge in [0.25, 0.3) is 5.91 Å². The first-order chi connectivity index (χ1) is 19.3. The van der Waals surface area contributed by atoms with Crippen LogP contribution in [0, 0.1) is 6.92 Å².